The highest BCUT2D eigenvalue weighted by Gasteiger charge is 2.16. The van der Waals surface area contributed by atoms with Crippen molar-refractivity contribution in [1.29, 1.82) is 0 Å². The van der Waals surface area contributed by atoms with E-state index in [1.807, 2.05) is 0 Å². The van der Waals surface area contributed by atoms with Gasteiger partial charge in [0, 0.05) is 13.0 Å². The number of carbonyl (C=O) groups is 2. The number of amides is 1. The number of rotatable bonds is 4. The maximum Gasteiger partial charge on any atom is 0.407 e. The van der Waals surface area contributed by atoms with Crippen molar-refractivity contribution in [3.8, 4) is 0 Å². The molecule has 0 spiro atoms. The van der Waals surface area contributed by atoms with Crippen LogP contribution in [0.3, 0.4) is 0 Å². The van der Waals surface area contributed by atoms with E-state index in [2.05, 4.69) is 5.32 Å². The van der Waals surface area contributed by atoms with Gasteiger partial charge in [-0.05, 0) is 33.3 Å². The minimum atomic E-state index is -0.533. The number of carbonyl (C=O) groups excluding carboxylic acids is 2. The van der Waals surface area contributed by atoms with Crippen molar-refractivity contribution in [2.75, 3.05) is 6.54 Å². The number of nitrogens with one attached hydrogen (secondary N) is 1. The van der Waals surface area contributed by atoms with Gasteiger partial charge in [-0.2, -0.15) is 0 Å². The largest absolute Gasteiger partial charge is 0.472 e. The van der Waals surface area contributed by atoms with Crippen LogP contribution in [0.1, 0.15) is 43.1 Å². The maximum atomic E-state index is 11.7. The van der Waals surface area contributed by atoms with Crippen LogP contribution in [-0.4, -0.2) is 24.0 Å². The van der Waals surface area contributed by atoms with E-state index in [4.69, 9.17) is 9.15 Å². The van der Waals surface area contributed by atoms with Gasteiger partial charge in [0.25, 0.3) is 0 Å². The number of Topliss-reactive ketones (excluding diaryl/α,β-unsaturated/α-hetero) is 1. The highest BCUT2D eigenvalue weighted by molar-refractivity contribution is 5.97. The number of ether oxygens (including phenoxy) is 1. The Bertz CT molecular complexity index is 428. The van der Waals surface area contributed by atoms with Gasteiger partial charge in [-0.3, -0.25) is 4.79 Å². The molecule has 1 aromatic heterocycles. The second-order valence-corrected chi connectivity index (χ2v) is 5.07. The molecule has 0 bridgehead atoms. The number of hydrogen-bond donors (Lipinski definition) is 1. The summed E-state index contributed by atoms with van der Waals surface area (Å²) in [7, 11) is 0. The van der Waals surface area contributed by atoms with Crippen LogP contribution in [0, 0.1) is 6.92 Å². The summed E-state index contributed by atoms with van der Waals surface area (Å²) in [6.07, 6.45) is 2.65. The van der Waals surface area contributed by atoms with Gasteiger partial charge in [0.2, 0.25) is 0 Å². The first kappa shape index (κ1) is 14.3. The average molecular weight is 253 g/mol. The number of aryl methyl sites for hydroxylation is 1. The first-order chi connectivity index (χ1) is 8.29. The van der Waals surface area contributed by atoms with Crippen molar-refractivity contribution in [3.63, 3.8) is 0 Å². The van der Waals surface area contributed by atoms with Crippen molar-refractivity contribution in [3.05, 3.63) is 23.7 Å². The van der Waals surface area contributed by atoms with Crippen LogP contribution in [0.5, 0.6) is 0 Å². The molecule has 0 saturated carbocycles. The molecule has 0 unspecified atom stereocenters. The Hall–Kier alpha value is -1.78. The molecule has 5 heteroatoms. The lowest BCUT2D eigenvalue weighted by molar-refractivity contribution is 0.0527. The van der Waals surface area contributed by atoms with Gasteiger partial charge in [0.15, 0.2) is 5.78 Å². The van der Waals surface area contributed by atoms with E-state index in [-0.39, 0.29) is 18.7 Å². The van der Waals surface area contributed by atoms with Gasteiger partial charge in [0.05, 0.1) is 11.8 Å². The Balaban J connectivity index is 2.33. The Labute approximate surface area is 106 Å². The zero-order valence-corrected chi connectivity index (χ0v) is 11.2. The maximum absolute atomic E-state index is 11.7. The van der Waals surface area contributed by atoms with E-state index in [1.165, 1.54) is 12.5 Å². The van der Waals surface area contributed by atoms with Crippen molar-refractivity contribution in [2.45, 2.75) is 39.7 Å². The van der Waals surface area contributed by atoms with Gasteiger partial charge >= 0.3 is 6.09 Å². The molecule has 1 aromatic rings. The van der Waals surface area contributed by atoms with Crippen LogP contribution in [0.4, 0.5) is 4.79 Å². The lowest BCUT2D eigenvalue weighted by Crippen LogP contribution is -2.33. The fraction of sp³-hybridized carbons (Fsp3) is 0.538. The lowest BCUT2D eigenvalue weighted by atomic mass is 10.1. The van der Waals surface area contributed by atoms with Gasteiger partial charge < -0.3 is 14.5 Å². The third-order valence-corrected chi connectivity index (χ3v) is 2.18. The topological polar surface area (TPSA) is 68.5 Å². The van der Waals surface area contributed by atoms with Gasteiger partial charge in [-0.1, -0.05) is 0 Å². The van der Waals surface area contributed by atoms with Crippen molar-refractivity contribution in [1.82, 2.24) is 5.32 Å². The van der Waals surface area contributed by atoms with Crippen molar-refractivity contribution >= 4 is 11.9 Å². The van der Waals surface area contributed by atoms with Crippen LogP contribution < -0.4 is 5.32 Å². The molecule has 5 nitrogen and oxygen atoms in total. The predicted molar refractivity (Wildman–Crippen MR) is 66.6 cm³/mol. The first-order valence-corrected chi connectivity index (χ1v) is 5.82. The smallest absolute Gasteiger partial charge is 0.407 e. The quantitative estimate of drug-likeness (QED) is 0.837. The molecule has 0 radical (unpaired) electrons. The van der Waals surface area contributed by atoms with E-state index in [1.54, 1.807) is 27.7 Å². The van der Waals surface area contributed by atoms with Gasteiger partial charge in [0.1, 0.15) is 11.9 Å². The predicted octanol–water partition coefficient (Wildman–Crippen LogP) is 2.69. The summed E-state index contributed by atoms with van der Waals surface area (Å²) in [5.74, 6) is -0.0580. The second-order valence-electron chi connectivity index (χ2n) is 5.07. The molecule has 0 saturated heterocycles. The summed E-state index contributed by atoms with van der Waals surface area (Å²) >= 11 is 0. The van der Waals surface area contributed by atoms with Crippen LogP contribution in [0.2, 0.25) is 0 Å². The van der Waals surface area contributed by atoms with Crippen molar-refractivity contribution in [2.24, 2.45) is 0 Å². The number of furan rings is 1. The fourth-order valence-corrected chi connectivity index (χ4v) is 1.37. The van der Waals surface area contributed by atoms with E-state index in [9.17, 15) is 9.59 Å². The van der Waals surface area contributed by atoms with Crippen LogP contribution >= 0.6 is 0 Å². The van der Waals surface area contributed by atoms with Crippen LogP contribution in [-0.2, 0) is 4.74 Å². The van der Waals surface area contributed by atoms with E-state index in [0.29, 0.717) is 5.56 Å². The third-order valence-electron chi connectivity index (χ3n) is 2.18. The van der Waals surface area contributed by atoms with Crippen LogP contribution in [0.15, 0.2) is 16.9 Å². The SMILES string of the molecule is Cc1cocc1C(=O)CCNC(=O)OC(C)(C)C. The molecule has 0 aliphatic rings. The molecular weight excluding hydrogens is 234 g/mol. The standard InChI is InChI=1S/C13H19NO4/c1-9-7-17-8-10(9)11(15)5-6-14-12(16)18-13(2,3)4/h7-8H,5-6H2,1-4H3,(H,14,16). The zero-order chi connectivity index (χ0) is 13.8. The number of ketones is 1. The normalized spacial score (nSPS) is 11.1. The summed E-state index contributed by atoms with van der Waals surface area (Å²) in [4.78, 5) is 23.1. The highest BCUT2D eigenvalue weighted by atomic mass is 16.6. The third kappa shape index (κ3) is 4.61. The van der Waals surface area contributed by atoms with Gasteiger partial charge in [-0.15, -0.1) is 0 Å². The Morgan fingerprint density at radius 1 is 1.33 bits per heavy atom. The molecular formula is C13H19NO4. The van der Waals surface area contributed by atoms with E-state index in [0.717, 1.165) is 5.56 Å². The molecule has 18 heavy (non-hydrogen) atoms. The van der Waals surface area contributed by atoms with E-state index >= 15 is 0 Å². The first-order valence-electron chi connectivity index (χ1n) is 5.82. The number of alkyl carbamates (subject to hydrolysis) is 1. The second kappa shape index (κ2) is 5.71. The van der Waals surface area contributed by atoms with E-state index < -0.39 is 11.7 Å². The molecule has 0 aliphatic heterocycles. The molecule has 100 valence electrons. The Kier molecular flexibility index (Phi) is 4.53. The summed E-state index contributed by atoms with van der Waals surface area (Å²) in [6, 6.07) is 0. The molecule has 1 N–H and O–H groups in total. The molecule has 1 heterocycles. The molecule has 0 aromatic carbocycles. The van der Waals surface area contributed by atoms with Crippen molar-refractivity contribution < 1.29 is 18.7 Å². The summed E-state index contributed by atoms with van der Waals surface area (Å²) in [5.41, 5.74) is 0.827. The highest BCUT2D eigenvalue weighted by Crippen LogP contribution is 2.11. The summed E-state index contributed by atoms with van der Waals surface area (Å²) in [6.45, 7) is 7.40. The Morgan fingerprint density at radius 3 is 2.50 bits per heavy atom. The summed E-state index contributed by atoms with van der Waals surface area (Å²) in [5, 5.41) is 2.54. The monoisotopic (exact) mass is 253 g/mol. The molecule has 0 atom stereocenters. The minimum Gasteiger partial charge on any atom is -0.472 e. The van der Waals surface area contributed by atoms with Crippen LogP contribution in [0.25, 0.3) is 0 Å². The zero-order valence-electron chi connectivity index (χ0n) is 11.2. The molecule has 0 aliphatic carbocycles. The molecule has 1 amide bonds. The van der Waals surface area contributed by atoms with Gasteiger partial charge in [-0.25, -0.2) is 4.79 Å². The molecule has 1 rings (SSSR count). The average Bonchev–Trinajstić information content (AvgIpc) is 2.61. The Morgan fingerprint density at radius 2 is 2.00 bits per heavy atom. The number of hydrogen-bond acceptors (Lipinski definition) is 4. The minimum absolute atomic E-state index is 0.0580. The fourth-order valence-electron chi connectivity index (χ4n) is 1.37. The summed E-state index contributed by atoms with van der Waals surface area (Å²) < 4.78 is 9.98. The lowest BCUT2D eigenvalue weighted by Gasteiger charge is -2.19. The molecule has 0 fully saturated rings.